The normalized spacial score (nSPS) is 17.6. The van der Waals surface area contributed by atoms with Gasteiger partial charge in [-0.05, 0) is 38.9 Å². The number of hydrogen-bond acceptors (Lipinski definition) is 4. The van der Waals surface area contributed by atoms with Gasteiger partial charge in [-0.1, -0.05) is 6.92 Å². The molecule has 1 aliphatic rings. The Balaban J connectivity index is 1.84. The molecule has 0 amide bonds. The van der Waals surface area contributed by atoms with E-state index >= 15 is 0 Å². The number of nitrogens with one attached hydrogen (secondary N) is 1. The topological polar surface area (TPSA) is 37.4 Å². The van der Waals surface area contributed by atoms with Crippen molar-refractivity contribution in [3.63, 3.8) is 0 Å². The van der Waals surface area contributed by atoms with Crippen molar-refractivity contribution in [2.24, 2.45) is 0 Å². The van der Waals surface area contributed by atoms with Crippen LogP contribution in [0.1, 0.15) is 31.9 Å². The largest absolute Gasteiger partial charge is 0.490 e. The van der Waals surface area contributed by atoms with E-state index < -0.39 is 0 Å². The standard InChI is InChI=1S/C15H25N3O/c1-3-7-16-12-13-11-15(4-8-17-13)19-14-5-9-18(2)10-6-14/h4,8,11,14,16H,3,5-7,9-10,12H2,1-2H3. The molecule has 106 valence electrons. The third kappa shape index (κ3) is 4.80. The molecular formula is C15H25N3O. The van der Waals surface area contributed by atoms with Crippen molar-refractivity contribution >= 4 is 0 Å². The molecule has 0 saturated carbocycles. The van der Waals surface area contributed by atoms with Gasteiger partial charge in [0.1, 0.15) is 11.9 Å². The van der Waals surface area contributed by atoms with Crippen molar-refractivity contribution in [2.75, 3.05) is 26.7 Å². The minimum atomic E-state index is 0.357. The number of aromatic nitrogens is 1. The first-order valence-corrected chi connectivity index (χ1v) is 7.28. The van der Waals surface area contributed by atoms with Gasteiger partial charge in [0, 0.05) is 31.9 Å². The lowest BCUT2D eigenvalue weighted by Crippen LogP contribution is -2.35. The van der Waals surface area contributed by atoms with Crippen LogP contribution < -0.4 is 10.1 Å². The first-order chi connectivity index (χ1) is 9.28. The third-order valence-corrected chi connectivity index (χ3v) is 3.49. The van der Waals surface area contributed by atoms with E-state index in [-0.39, 0.29) is 0 Å². The van der Waals surface area contributed by atoms with Gasteiger partial charge in [-0.15, -0.1) is 0 Å². The molecule has 1 N–H and O–H groups in total. The van der Waals surface area contributed by atoms with E-state index in [1.807, 2.05) is 12.3 Å². The molecule has 0 unspecified atom stereocenters. The second-order valence-corrected chi connectivity index (χ2v) is 5.28. The Bertz CT molecular complexity index is 375. The summed E-state index contributed by atoms with van der Waals surface area (Å²) in [5, 5.41) is 3.36. The molecule has 1 aromatic heterocycles. The van der Waals surface area contributed by atoms with Gasteiger partial charge in [0.25, 0.3) is 0 Å². The minimum absolute atomic E-state index is 0.357. The lowest BCUT2D eigenvalue weighted by Gasteiger charge is -2.29. The molecule has 4 heteroatoms. The molecule has 0 spiro atoms. The van der Waals surface area contributed by atoms with Gasteiger partial charge < -0.3 is 15.0 Å². The molecule has 1 saturated heterocycles. The monoisotopic (exact) mass is 263 g/mol. The molecule has 2 rings (SSSR count). The predicted octanol–water partition coefficient (Wildman–Crippen LogP) is 2.05. The molecular weight excluding hydrogens is 238 g/mol. The summed E-state index contributed by atoms with van der Waals surface area (Å²) < 4.78 is 6.06. The van der Waals surface area contributed by atoms with Crippen molar-refractivity contribution in [1.82, 2.24) is 15.2 Å². The summed E-state index contributed by atoms with van der Waals surface area (Å²) in [6, 6.07) is 4.02. The molecule has 1 fully saturated rings. The molecule has 0 atom stereocenters. The van der Waals surface area contributed by atoms with Gasteiger partial charge in [-0.25, -0.2) is 0 Å². The zero-order valence-electron chi connectivity index (χ0n) is 12.1. The highest BCUT2D eigenvalue weighted by Gasteiger charge is 2.17. The summed E-state index contributed by atoms with van der Waals surface area (Å²) >= 11 is 0. The Kier molecular flexibility index (Phi) is 5.61. The minimum Gasteiger partial charge on any atom is -0.490 e. The second-order valence-electron chi connectivity index (χ2n) is 5.28. The molecule has 0 aliphatic carbocycles. The van der Waals surface area contributed by atoms with Crippen LogP contribution >= 0.6 is 0 Å². The number of nitrogens with zero attached hydrogens (tertiary/aromatic N) is 2. The second kappa shape index (κ2) is 7.46. The average Bonchev–Trinajstić information content (AvgIpc) is 2.42. The molecule has 1 aliphatic heterocycles. The van der Waals surface area contributed by atoms with Crippen LogP contribution in [-0.4, -0.2) is 42.7 Å². The lowest BCUT2D eigenvalue weighted by atomic mass is 10.1. The Morgan fingerprint density at radius 2 is 2.21 bits per heavy atom. The van der Waals surface area contributed by atoms with Crippen molar-refractivity contribution in [2.45, 2.75) is 38.8 Å². The summed E-state index contributed by atoms with van der Waals surface area (Å²) in [5.74, 6) is 0.956. The zero-order valence-corrected chi connectivity index (χ0v) is 12.1. The van der Waals surface area contributed by atoms with E-state index in [0.717, 1.165) is 56.9 Å². The van der Waals surface area contributed by atoms with Crippen LogP contribution in [0.4, 0.5) is 0 Å². The maximum atomic E-state index is 6.06. The maximum Gasteiger partial charge on any atom is 0.123 e. The summed E-state index contributed by atoms with van der Waals surface area (Å²) in [6.45, 7) is 6.27. The number of hydrogen-bond donors (Lipinski definition) is 1. The zero-order chi connectivity index (χ0) is 13.5. The van der Waals surface area contributed by atoms with Crippen LogP contribution in [-0.2, 0) is 6.54 Å². The van der Waals surface area contributed by atoms with Crippen molar-refractivity contribution in [3.05, 3.63) is 24.0 Å². The van der Waals surface area contributed by atoms with Crippen LogP contribution in [0.5, 0.6) is 5.75 Å². The van der Waals surface area contributed by atoms with E-state index in [4.69, 9.17) is 4.74 Å². The number of piperidine rings is 1. The van der Waals surface area contributed by atoms with Crippen molar-refractivity contribution in [3.8, 4) is 5.75 Å². The van der Waals surface area contributed by atoms with Crippen molar-refractivity contribution < 1.29 is 4.74 Å². The summed E-state index contributed by atoms with van der Waals surface area (Å²) in [5.41, 5.74) is 1.05. The van der Waals surface area contributed by atoms with Crippen LogP contribution in [0.15, 0.2) is 18.3 Å². The van der Waals surface area contributed by atoms with E-state index in [9.17, 15) is 0 Å². The maximum absolute atomic E-state index is 6.06. The fourth-order valence-corrected chi connectivity index (χ4v) is 2.31. The molecule has 0 aromatic carbocycles. The number of ether oxygens (including phenoxy) is 1. The molecule has 1 aromatic rings. The molecule has 2 heterocycles. The van der Waals surface area contributed by atoms with Gasteiger partial charge in [0.2, 0.25) is 0 Å². The van der Waals surface area contributed by atoms with Gasteiger partial charge in [0.05, 0.1) is 5.69 Å². The fraction of sp³-hybridized carbons (Fsp3) is 0.667. The van der Waals surface area contributed by atoms with Crippen LogP contribution in [0.25, 0.3) is 0 Å². The van der Waals surface area contributed by atoms with E-state index in [1.165, 1.54) is 0 Å². The smallest absolute Gasteiger partial charge is 0.123 e. The van der Waals surface area contributed by atoms with Crippen LogP contribution in [0.2, 0.25) is 0 Å². The molecule has 0 bridgehead atoms. The van der Waals surface area contributed by atoms with Crippen molar-refractivity contribution in [1.29, 1.82) is 0 Å². The first-order valence-electron chi connectivity index (χ1n) is 7.28. The Morgan fingerprint density at radius 1 is 1.42 bits per heavy atom. The lowest BCUT2D eigenvalue weighted by molar-refractivity contribution is 0.114. The predicted molar refractivity (Wildman–Crippen MR) is 77.4 cm³/mol. The van der Waals surface area contributed by atoms with E-state index in [0.29, 0.717) is 6.10 Å². The highest BCUT2D eigenvalue weighted by atomic mass is 16.5. The van der Waals surface area contributed by atoms with Gasteiger partial charge >= 0.3 is 0 Å². The summed E-state index contributed by atoms with van der Waals surface area (Å²) in [4.78, 5) is 6.72. The van der Waals surface area contributed by atoms with Crippen LogP contribution in [0.3, 0.4) is 0 Å². The van der Waals surface area contributed by atoms with E-state index in [1.54, 1.807) is 0 Å². The number of pyridine rings is 1. The van der Waals surface area contributed by atoms with Gasteiger partial charge in [-0.3, -0.25) is 4.98 Å². The SMILES string of the molecule is CCCNCc1cc(OC2CCN(C)CC2)ccn1. The molecule has 4 nitrogen and oxygen atoms in total. The average molecular weight is 263 g/mol. The summed E-state index contributed by atoms with van der Waals surface area (Å²) in [7, 11) is 2.17. The Labute approximate surface area is 116 Å². The number of rotatable bonds is 6. The first kappa shape index (κ1) is 14.3. The highest BCUT2D eigenvalue weighted by molar-refractivity contribution is 5.23. The molecule has 0 radical (unpaired) electrons. The molecule has 19 heavy (non-hydrogen) atoms. The summed E-state index contributed by atoms with van der Waals surface area (Å²) in [6.07, 6.45) is 5.57. The Hall–Kier alpha value is -1.13. The highest BCUT2D eigenvalue weighted by Crippen LogP contribution is 2.18. The third-order valence-electron chi connectivity index (χ3n) is 3.49. The quantitative estimate of drug-likeness (QED) is 0.797. The van der Waals surface area contributed by atoms with Gasteiger partial charge in [0.15, 0.2) is 0 Å². The Morgan fingerprint density at radius 3 is 2.95 bits per heavy atom. The number of likely N-dealkylation sites (tertiary alicyclic amines) is 1. The van der Waals surface area contributed by atoms with Crippen LogP contribution in [0, 0.1) is 0 Å². The fourth-order valence-electron chi connectivity index (χ4n) is 2.31. The van der Waals surface area contributed by atoms with Gasteiger partial charge in [-0.2, -0.15) is 0 Å². The van der Waals surface area contributed by atoms with E-state index in [2.05, 4.69) is 35.2 Å².